The predicted molar refractivity (Wildman–Crippen MR) is 279 cm³/mol. The summed E-state index contributed by atoms with van der Waals surface area (Å²) in [4.78, 5) is 67.2. The third-order valence-electron chi connectivity index (χ3n) is 15.2. The van der Waals surface area contributed by atoms with Crippen LogP contribution >= 0.6 is 11.8 Å². The fourth-order valence-electron chi connectivity index (χ4n) is 10.8. The number of carbonyl (C=O) groups is 3. The van der Waals surface area contributed by atoms with E-state index in [1.807, 2.05) is 26.0 Å². The van der Waals surface area contributed by atoms with Gasteiger partial charge in [-0.15, -0.1) is 11.8 Å². The summed E-state index contributed by atoms with van der Waals surface area (Å²) >= 11 is 1.25. The van der Waals surface area contributed by atoms with Crippen molar-refractivity contribution >= 4 is 62.7 Å². The Labute approximate surface area is 430 Å². The van der Waals surface area contributed by atoms with Crippen LogP contribution in [0, 0.1) is 13.8 Å². The lowest BCUT2D eigenvalue weighted by Crippen LogP contribution is -2.57. The molecule has 2 saturated heterocycles. The first kappa shape index (κ1) is 54.7. The number of hydrogen-bond donors (Lipinski definition) is 7. The number of nitrogens with two attached hydrogens (primary N) is 1. The van der Waals surface area contributed by atoms with Crippen molar-refractivity contribution in [3.05, 3.63) is 68.8 Å². The Hall–Kier alpha value is -4.58. The van der Waals surface area contributed by atoms with Crippen molar-refractivity contribution < 1.29 is 53.8 Å². The van der Waals surface area contributed by atoms with E-state index in [9.17, 15) is 30.0 Å². The molecule has 73 heavy (non-hydrogen) atoms. The van der Waals surface area contributed by atoms with Crippen LogP contribution in [0.5, 0.6) is 0 Å². The van der Waals surface area contributed by atoms with Crippen LogP contribution in [0.25, 0.3) is 33.2 Å². The first-order valence-corrected chi connectivity index (χ1v) is 26.8. The molecule has 5 aliphatic rings. The second-order valence-electron chi connectivity index (χ2n) is 19.8. The zero-order valence-corrected chi connectivity index (χ0v) is 44.1. The summed E-state index contributed by atoms with van der Waals surface area (Å²) in [5, 5.41) is 40.6. The maximum Gasteiger partial charge on any atom is 0.264 e. The highest BCUT2D eigenvalue weighted by atomic mass is 32.2. The minimum absolute atomic E-state index is 0.105. The summed E-state index contributed by atoms with van der Waals surface area (Å²) in [5.74, 6) is -1.10. The van der Waals surface area contributed by atoms with Crippen molar-refractivity contribution in [3.8, 4) is 0 Å². The summed E-state index contributed by atoms with van der Waals surface area (Å²) in [6.45, 7) is 17.0. The van der Waals surface area contributed by atoms with E-state index in [0.717, 1.165) is 50.4 Å². The predicted octanol–water partition coefficient (Wildman–Crippen LogP) is 4.30. The number of aryl methyl sites for hydroxylation is 2. The van der Waals surface area contributed by atoms with E-state index in [4.69, 9.17) is 34.6 Å². The summed E-state index contributed by atoms with van der Waals surface area (Å²) < 4.78 is 23.3. The third kappa shape index (κ3) is 11.4. The van der Waals surface area contributed by atoms with E-state index in [1.165, 1.54) is 16.7 Å². The van der Waals surface area contributed by atoms with Gasteiger partial charge < -0.3 is 60.0 Å². The number of aromatic amines is 2. The number of morpholine rings is 1. The van der Waals surface area contributed by atoms with Crippen LogP contribution < -0.4 is 5.73 Å². The Kier molecular flexibility index (Phi) is 17.9. The van der Waals surface area contributed by atoms with Crippen molar-refractivity contribution in [1.29, 1.82) is 0 Å². The van der Waals surface area contributed by atoms with Gasteiger partial charge in [0.15, 0.2) is 0 Å². The number of ether oxygens (including phenoxy) is 4. The van der Waals surface area contributed by atoms with Gasteiger partial charge in [0.1, 0.15) is 29.9 Å². The quantitative estimate of drug-likeness (QED) is 0.0615. The molecule has 3 aromatic heterocycles. The number of imide groups is 1. The summed E-state index contributed by atoms with van der Waals surface area (Å²) in [5.41, 5.74) is 15.8. The Morgan fingerprint density at radius 2 is 1.67 bits per heavy atom. The monoisotopic (exact) mass is 1030 g/mol. The second-order valence-corrected chi connectivity index (χ2v) is 21.0. The number of H-pyrrole nitrogens is 2. The minimum Gasteiger partial charge on any atom is -0.394 e. The molecule has 8 atom stereocenters. The standard InChI is InChI=1S/C53H74N8O11S/c1-8-33-28(2)35-26-40-43(32(6)71-22-21-69-18-12-54)30(4)37(56-40)24-36-29(3)34(10-11-42(63)59(7)13-9-23-73-53-50(66)49(65)48(64)41(27-62)72-53)46(57-36)45-47-44(31(5)38(58-47)25-39(33)55-35)51(67)61(52(45)68)15-14-60-16-19-70-20-17-60/h24-26,29,32,34,41,48-50,53,56,58,62,64-66H,8-23,27,54H2,1-7H3/t29-,32?,34-,41+,48+,49-,50+,53-/m0/s1. The van der Waals surface area contributed by atoms with E-state index in [2.05, 4.69) is 48.6 Å². The number of carbonyl (C=O) groups excluding carboxylic acids is 3. The molecular formula is C53H74N8O11S. The van der Waals surface area contributed by atoms with Gasteiger partial charge in [-0.05, 0) is 93.2 Å². The van der Waals surface area contributed by atoms with Gasteiger partial charge in [-0.1, -0.05) is 13.8 Å². The number of amides is 3. The molecule has 19 nitrogen and oxygen atoms in total. The molecule has 0 spiro atoms. The molecule has 8 heterocycles. The van der Waals surface area contributed by atoms with Crippen LogP contribution in [0.2, 0.25) is 0 Å². The Bertz CT molecular complexity index is 2720. The normalized spacial score (nSPS) is 23.9. The lowest BCUT2D eigenvalue weighted by molar-refractivity contribution is -0.205. The van der Waals surface area contributed by atoms with Crippen molar-refractivity contribution in [2.45, 2.75) is 115 Å². The first-order valence-electron chi connectivity index (χ1n) is 25.8. The van der Waals surface area contributed by atoms with Gasteiger partial charge in [-0.3, -0.25) is 29.2 Å². The summed E-state index contributed by atoms with van der Waals surface area (Å²) in [6, 6.07) is 6.09. The van der Waals surface area contributed by atoms with Gasteiger partial charge in [-0.25, -0.2) is 4.98 Å². The van der Waals surface area contributed by atoms with Gasteiger partial charge in [0.05, 0.1) is 79.5 Å². The molecule has 0 saturated carbocycles. The van der Waals surface area contributed by atoms with E-state index in [0.29, 0.717) is 124 Å². The highest BCUT2D eigenvalue weighted by Crippen LogP contribution is 2.45. The van der Waals surface area contributed by atoms with Gasteiger partial charge in [0.2, 0.25) is 5.91 Å². The lowest BCUT2D eigenvalue weighted by Gasteiger charge is -2.39. The number of aromatic nitrogens is 4. The Balaban J connectivity index is 1.20. The van der Waals surface area contributed by atoms with Crippen LogP contribution in [0.1, 0.15) is 132 Å². The topological polar surface area (TPSA) is 262 Å². The molecule has 8 bridgehead atoms. The van der Waals surface area contributed by atoms with Crippen LogP contribution in [-0.4, -0.2) is 194 Å². The molecule has 3 amide bonds. The maximum absolute atomic E-state index is 15.3. The van der Waals surface area contributed by atoms with E-state index in [1.54, 1.807) is 11.9 Å². The SMILES string of the molecule is CCC1=C(C)c2cc3[nH]c(cc4nc(c5c6[nH]c(cc1n2)c(C)c6C(=O)N(CCN1CCOCC1)C5=O)[C@@H](CCC(=O)N(C)CCCS[C@@H]1O[C@H](CO)[C@@H](O)[C@H](O)[C@H]1O)[C@@H]4C)c(C)c3C(C)OCCOCCN. The number of allylic oxidation sites excluding steroid dienone is 2. The number of hydrogen-bond acceptors (Lipinski definition) is 16. The lowest BCUT2D eigenvalue weighted by atomic mass is 9.84. The largest absolute Gasteiger partial charge is 0.394 e. The molecule has 5 aliphatic heterocycles. The van der Waals surface area contributed by atoms with E-state index >= 15 is 4.79 Å². The number of fused-ring (bicyclic) bond motifs is 8. The number of nitrogens with zero attached hydrogens (tertiary/aromatic N) is 5. The number of rotatable bonds is 20. The minimum atomic E-state index is -1.46. The molecule has 0 aliphatic carbocycles. The molecule has 3 aromatic rings. The average Bonchev–Trinajstić information content (AvgIpc) is 4.07. The van der Waals surface area contributed by atoms with E-state index in [-0.39, 0.29) is 36.8 Å². The summed E-state index contributed by atoms with van der Waals surface area (Å²) in [7, 11) is 1.74. The van der Waals surface area contributed by atoms with Crippen LogP contribution in [0.3, 0.4) is 0 Å². The number of aliphatic hydroxyl groups excluding tert-OH is 4. The molecule has 1 unspecified atom stereocenters. The summed E-state index contributed by atoms with van der Waals surface area (Å²) in [6.07, 6.45) is -3.81. The van der Waals surface area contributed by atoms with E-state index < -0.39 is 48.3 Å². The first-order chi connectivity index (χ1) is 35.1. The molecule has 0 aromatic carbocycles. The van der Waals surface area contributed by atoms with Gasteiger partial charge >= 0.3 is 0 Å². The molecule has 8 N–H and O–H groups in total. The molecular weight excluding hydrogens is 957 g/mol. The molecule has 2 fully saturated rings. The van der Waals surface area contributed by atoms with Crippen molar-refractivity contribution in [1.82, 2.24) is 34.6 Å². The van der Waals surface area contributed by atoms with Crippen molar-refractivity contribution in [3.63, 3.8) is 0 Å². The van der Waals surface area contributed by atoms with Gasteiger partial charge in [0.25, 0.3) is 11.8 Å². The highest BCUT2D eigenvalue weighted by Gasteiger charge is 2.44. The van der Waals surface area contributed by atoms with Crippen LogP contribution in [-0.2, 0) is 23.7 Å². The molecule has 8 rings (SSSR count). The highest BCUT2D eigenvalue weighted by molar-refractivity contribution is 7.99. The van der Waals surface area contributed by atoms with Crippen molar-refractivity contribution in [2.24, 2.45) is 5.73 Å². The third-order valence-corrected chi connectivity index (χ3v) is 16.5. The Morgan fingerprint density at radius 1 is 0.945 bits per heavy atom. The maximum atomic E-state index is 15.3. The number of nitrogens with one attached hydrogen (secondary N) is 2. The molecule has 398 valence electrons. The fourth-order valence-corrected chi connectivity index (χ4v) is 11.9. The number of thioether (sulfide) groups is 1. The average molecular weight is 1030 g/mol. The molecule has 20 heteroatoms. The number of aliphatic hydroxyl groups is 4. The van der Waals surface area contributed by atoms with Gasteiger partial charge in [-0.2, -0.15) is 0 Å². The van der Waals surface area contributed by atoms with Crippen LogP contribution in [0.15, 0.2) is 18.2 Å². The smallest absolute Gasteiger partial charge is 0.264 e. The second kappa shape index (κ2) is 24.0. The zero-order chi connectivity index (χ0) is 52.2. The van der Waals surface area contributed by atoms with Gasteiger partial charge in [0, 0.05) is 92.4 Å². The molecule has 0 radical (unpaired) electrons. The zero-order valence-electron chi connectivity index (χ0n) is 43.2. The Morgan fingerprint density at radius 3 is 2.40 bits per heavy atom. The fraction of sp³-hybridized carbons (Fsp3) is 0.604. The van der Waals surface area contributed by atoms with Crippen LogP contribution in [0.4, 0.5) is 0 Å². The van der Waals surface area contributed by atoms with Crippen molar-refractivity contribution in [2.75, 3.05) is 91.7 Å².